The van der Waals surface area contributed by atoms with Crippen LogP contribution >= 0.6 is 11.3 Å². The zero-order chi connectivity index (χ0) is 26.7. The number of imide groups is 1. The van der Waals surface area contributed by atoms with E-state index in [0.29, 0.717) is 43.2 Å². The van der Waals surface area contributed by atoms with Crippen LogP contribution in [-0.2, 0) is 16.1 Å². The van der Waals surface area contributed by atoms with Crippen LogP contribution in [0.4, 0.5) is 4.39 Å². The second-order valence-electron chi connectivity index (χ2n) is 9.80. The minimum Gasteiger partial charge on any atom is -0.505 e. The molecule has 3 N–H and O–H groups in total. The normalized spacial score (nSPS) is 23.1. The van der Waals surface area contributed by atoms with Crippen LogP contribution in [-0.4, -0.2) is 44.7 Å². The van der Waals surface area contributed by atoms with Crippen molar-refractivity contribution in [1.82, 2.24) is 4.90 Å². The maximum Gasteiger partial charge on any atom is 0.234 e. The fourth-order valence-corrected chi connectivity index (χ4v) is 6.45. The highest BCUT2D eigenvalue weighted by Gasteiger charge is 2.54. The average Bonchev–Trinajstić information content (AvgIpc) is 3.50. The molecular weight excluding hydrogens is 493 g/mol. The molecule has 2 aromatic rings. The van der Waals surface area contributed by atoms with Crippen LogP contribution in [0.1, 0.15) is 56.4 Å². The van der Waals surface area contributed by atoms with Crippen LogP contribution in [0.25, 0.3) is 6.08 Å². The lowest BCUT2D eigenvalue weighted by atomic mass is 9.67. The van der Waals surface area contributed by atoms with Crippen LogP contribution in [0.3, 0.4) is 0 Å². The van der Waals surface area contributed by atoms with Crippen LogP contribution < -0.4 is 0 Å². The van der Waals surface area contributed by atoms with E-state index in [1.165, 1.54) is 28.4 Å². The van der Waals surface area contributed by atoms with E-state index in [9.17, 15) is 29.3 Å². The number of hydrogen-bond acceptors (Lipinski definition) is 6. The second kappa shape index (κ2) is 11.7. The van der Waals surface area contributed by atoms with Gasteiger partial charge in [0.25, 0.3) is 0 Å². The Morgan fingerprint density at radius 1 is 1.24 bits per heavy atom. The summed E-state index contributed by atoms with van der Waals surface area (Å²) in [5.41, 5.74) is 3.27. The Kier molecular flexibility index (Phi) is 8.62. The van der Waals surface area contributed by atoms with Crippen molar-refractivity contribution in [3.05, 3.63) is 68.7 Å². The molecule has 1 saturated heterocycles. The van der Waals surface area contributed by atoms with Crippen molar-refractivity contribution < 1.29 is 29.3 Å². The highest BCUT2D eigenvalue weighted by molar-refractivity contribution is 7.09. The lowest BCUT2D eigenvalue weighted by Crippen LogP contribution is -2.39. The van der Waals surface area contributed by atoms with Gasteiger partial charge in [0.2, 0.25) is 11.8 Å². The van der Waals surface area contributed by atoms with Gasteiger partial charge in [0.1, 0.15) is 0 Å². The monoisotopic (exact) mass is 527 g/mol. The van der Waals surface area contributed by atoms with Crippen molar-refractivity contribution in [2.24, 2.45) is 17.8 Å². The number of likely N-dealkylation sites (tertiary alicyclic amines) is 1. The minimum absolute atomic E-state index is 0.196. The molecule has 0 unspecified atom stereocenters. The summed E-state index contributed by atoms with van der Waals surface area (Å²) in [6, 6.07) is 8.00. The summed E-state index contributed by atoms with van der Waals surface area (Å²) >= 11 is 1.49. The van der Waals surface area contributed by atoms with Gasteiger partial charge in [-0.05, 0) is 66.8 Å². The molecule has 198 valence electrons. The fourth-order valence-electron chi connectivity index (χ4n) is 5.75. The fraction of sp³-hybridized carbons (Fsp3) is 0.448. The summed E-state index contributed by atoms with van der Waals surface area (Å²) in [6.45, 7) is 3.88. The first-order valence-electron chi connectivity index (χ1n) is 12.8. The molecule has 4 rings (SSSR count). The van der Waals surface area contributed by atoms with Gasteiger partial charge < -0.3 is 15.3 Å². The van der Waals surface area contributed by atoms with E-state index in [1.807, 2.05) is 37.4 Å². The van der Waals surface area contributed by atoms with Crippen molar-refractivity contribution in [1.29, 1.82) is 0 Å². The zero-order valence-corrected chi connectivity index (χ0v) is 22.0. The number of aliphatic hydroxyl groups is 2. The molecule has 0 saturated carbocycles. The zero-order valence-electron chi connectivity index (χ0n) is 21.2. The largest absolute Gasteiger partial charge is 0.505 e. The molecule has 2 amide bonds. The molecule has 4 atom stereocenters. The van der Waals surface area contributed by atoms with Gasteiger partial charge >= 0.3 is 0 Å². The molecule has 1 aliphatic heterocycles. The van der Waals surface area contributed by atoms with Gasteiger partial charge in [-0.25, -0.2) is 4.39 Å². The maximum absolute atomic E-state index is 13.8. The Morgan fingerprint density at radius 2 is 2.03 bits per heavy atom. The van der Waals surface area contributed by atoms with Gasteiger partial charge in [-0.15, -0.1) is 11.3 Å². The van der Waals surface area contributed by atoms with E-state index in [-0.39, 0.29) is 25.0 Å². The molecular formula is C29H34FNO5S. The van der Waals surface area contributed by atoms with E-state index < -0.39 is 35.4 Å². The van der Waals surface area contributed by atoms with Crippen LogP contribution in [0.2, 0.25) is 0 Å². The van der Waals surface area contributed by atoms with Crippen molar-refractivity contribution in [2.45, 2.75) is 58.6 Å². The predicted octanol–water partition coefficient (Wildman–Crippen LogP) is 5.05. The third-order valence-corrected chi connectivity index (χ3v) is 8.55. The second-order valence-corrected chi connectivity index (χ2v) is 10.8. The molecule has 2 heterocycles. The van der Waals surface area contributed by atoms with Crippen molar-refractivity contribution in [3.63, 3.8) is 0 Å². The Morgan fingerprint density at radius 3 is 2.65 bits per heavy atom. The molecule has 0 radical (unpaired) electrons. The molecule has 1 aromatic carbocycles. The first-order valence-corrected chi connectivity index (χ1v) is 13.7. The minimum atomic E-state index is -0.867. The number of amides is 2. The number of carbonyl (C=O) groups is 2. The average molecular weight is 528 g/mol. The van der Waals surface area contributed by atoms with Gasteiger partial charge in [-0.2, -0.15) is 0 Å². The third-order valence-electron chi connectivity index (χ3n) is 7.69. The summed E-state index contributed by atoms with van der Waals surface area (Å²) in [6.07, 6.45) is 3.66. The predicted molar refractivity (Wildman–Crippen MR) is 141 cm³/mol. The van der Waals surface area contributed by atoms with Crippen molar-refractivity contribution >= 4 is 29.2 Å². The summed E-state index contributed by atoms with van der Waals surface area (Å²) in [5.74, 6) is -3.33. The summed E-state index contributed by atoms with van der Waals surface area (Å²) < 4.78 is 13.8. The number of phenols is 1. The van der Waals surface area contributed by atoms with E-state index >= 15 is 0 Å². The Bertz CT molecular complexity index is 1200. The number of nitrogens with zero attached hydrogens (tertiary/aromatic N) is 1. The Balaban J connectivity index is 1.53. The topological polar surface area (TPSA) is 98.1 Å². The van der Waals surface area contributed by atoms with E-state index in [4.69, 9.17) is 0 Å². The van der Waals surface area contributed by atoms with Crippen LogP contribution in [0, 0.1) is 23.6 Å². The Labute approximate surface area is 220 Å². The molecule has 1 aliphatic carbocycles. The lowest BCUT2D eigenvalue weighted by molar-refractivity contribution is -0.140. The summed E-state index contributed by atoms with van der Waals surface area (Å²) in [7, 11) is 0. The molecule has 0 spiro atoms. The quantitative estimate of drug-likeness (QED) is 0.297. The number of rotatable bonds is 10. The van der Waals surface area contributed by atoms with Crippen molar-refractivity contribution in [2.75, 3.05) is 6.61 Å². The number of thiophene rings is 1. The molecule has 8 heteroatoms. The lowest BCUT2D eigenvalue weighted by Gasteiger charge is -2.36. The first kappa shape index (κ1) is 27.2. The standard InChI is InChI=1S/C29H34FNO5S/c1-3-17(12-18-8-9-24(33)23(30)13-18)7-10-25(34)26-19(4-2)14-21-27(22(26)16-32)29(36)31(28(21)35)15-20-6-5-11-37-20/h5-6,8-9,11-13,21-22,25,27,32-34H,3-4,7,10,14-16H2,1-2H3/b17-12+/t21-,22+,25-,27-/m1/s1. The number of aromatic hydroxyl groups is 1. The molecule has 0 bridgehead atoms. The number of allylic oxidation sites excluding steroid dienone is 2. The van der Waals surface area contributed by atoms with Gasteiger partial charge in [0.15, 0.2) is 11.6 Å². The number of phenolic OH excluding ortho intramolecular Hbond substituents is 1. The molecule has 1 aromatic heterocycles. The smallest absolute Gasteiger partial charge is 0.234 e. The summed E-state index contributed by atoms with van der Waals surface area (Å²) in [5, 5.41) is 33.0. The van der Waals surface area contributed by atoms with Crippen LogP contribution in [0.5, 0.6) is 5.75 Å². The molecule has 1 fully saturated rings. The number of fused-ring (bicyclic) bond motifs is 1. The van der Waals surface area contributed by atoms with Crippen LogP contribution in [0.15, 0.2) is 52.4 Å². The Hall–Kier alpha value is -2.81. The summed E-state index contributed by atoms with van der Waals surface area (Å²) in [4.78, 5) is 28.9. The third kappa shape index (κ3) is 5.56. The van der Waals surface area contributed by atoms with Gasteiger partial charge in [0.05, 0.1) is 31.1 Å². The molecule has 37 heavy (non-hydrogen) atoms. The van der Waals surface area contributed by atoms with Crippen molar-refractivity contribution in [3.8, 4) is 5.75 Å². The SMILES string of the molecule is CCC1=C([C@H](O)CC/C(=C/c2ccc(O)c(F)c2)CC)[C@H](CO)[C@@H]2C(=O)N(Cc3cccs3)C(=O)[C@@H]2C1. The number of aliphatic hydroxyl groups excluding tert-OH is 2. The highest BCUT2D eigenvalue weighted by Crippen LogP contribution is 2.47. The van der Waals surface area contributed by atoms with Gasteiger partial charge in [0, 0.05) is 10.8 Å². The molecule has 2 aliphatic rings. The first-order chi connectivity index (χ1) is 17.8. The van der Waals surface area contributed by atoms with E-state index in [0.717, 1.165) is 16.0 Å². The number of carbonyl (C=O) groups excluding carboxylic acids is 2. The number of hydrogen-bond donors (Lipinski definition) is 3. The number of benzene rings is 1. The van der Waals surface area contributed by atoms with E-state index in [2.05, 4.69) is 0 Å². The van der Waals surface area contributed by atoms with Gasteiger partial charge in [-0.3, -0.25) is 14.5 Å². The maximum atomic E-state index is 13.8. The molecule has 6 nitrogen and oxygen atoms in total. The number of halogens is 1. The highest BCUT2D eigenvalue weighted by atomic mass is 32.1. The van der Waals surface area contributed by atoms with E-state index in [1.54, 1.807) is 6.07 Å². The van der Waals surface area contributed by atoms with Gasteiger partial charge in [-0.1, -0.05) is 43.2 Å².